The lowest BCUT2D eigenvalue weighted by Gasteiger charge is -2.53. The monoisotopic (exact) mass is 411 g/mol. The van der Waals surface area contributed by atoms with Crippen molar-refractivity contribution in [2.75, 3.05) is 39.0 Å². The lowest BCUT2D eigenvalue weighted by Crippen LogP contribution is -2.67. The Labute approximate surface area is 166 Å². The summed E-state index contributed by atoms with van der Waals surface area (Å²) in [5.74, 6) is 0.255. The van der Waals surface area contributed by atoms with Crippen LogP contribution in [0.2, 0.25) is 0 Å². The predicted octanol–water partition coefficient (Wildman–Crippen LogP) is 1.90. The summed E-state index contributed by atoms with van der Waals surface area (Å²) in [6.45, 7) is 6.09. The highest BCUT2D eigenvalue weighted by atomic mass is 32.2. The first-order valence-electron chi connectivity index (χ1n) is 9.84. The minimum atomic E-state index is -3.26. The van der Waals surface area contributed by atoms with Gasteiger partial charge >= 0.3 is 0 Å². The number of carbonyl (C=O) groups is 1. The number of rotatable bonds is 3. The lowest BCUT2D eigenvalue weighted by molar-refractivity contribution is -0.150. The average Bonchev–Trinajstić information content (AvgIpc) is 3.31. The largest absolute Gasteiger partial charge is 0.342 e. The zero-order valence-corrected chi connectivity index (χ0v) is 17.8. The van der Waals surface area contributed by atoms with Gasteiger partial charge in [0.1, 0.15) is 0 Å². The fourth-order valence-electron chi connectivity index (χ4n) is 5.05. The summed E-state index contributed by atoms with van der Waals surface area (Å²) < 4.78 is 26.5. The van der Waals surface area contributed by atoms with Crippen LogP contribution in [0.3, 0.4) is 0 Å². The quantitative estimate of drug-likeness (QED) is 0.762. The summed E-state index contributed by atoms with van der Waals surface area (Å²) in [6, 6.07) is 1.92. The third-order valence-electron chi connectivity index (χ3n) is 6.70. The fourth-order valence-corrected chi connectivity index (χ4v) is 7.60. The van der Waals surface area contributed by atoms with Crippen LogP contribution >= 0.6 is 11.3 Å². The Bertz CT molecular complexity index is 816. The number of carbonyl (C=O) groups excluding carboxylic acids is 1. The summed E-state index contributed by atoms with van der Waals surface area (Å²) in [4.78, 5) is 19.3. The second-order valence-corrected chi connectivity index (χ2v) is 11.4. The molecule has 0 bridgehead atoms. The molecule has 0 unspecified atom stereocenters. The molecule has 4 rings (SSSR count). The fraction of sp³-hybridized carbons (Fsp3) is 0.737. The Balaban J connectivity index is 1.64. The topological polar surface area (TPSA) is 60.9 Å². The molecule has 1 aromatic heterocycles. The molecule has 0 saturated carbocycles. The zero-order chi connectivity index (χ0) is 19.2. The van der Waals surface area contributed by atoms with Gasteiger partial charge in [-0.2, -0.15) is 0 Å². The van der Waals surface area contributed by atoms with Crippen molar-refractivity contribution in [1.82, 2.24) is 14.1 Å². The van der Waals surface area contributed by atoms with E-state index in [1.54, 1.807) is 18.4 Å². The van der Waals surface area contributed by atoms with Crippen LogP contribution in [0.1, 0.15) is 36.1 Å². The Hall–Kier alpha value is -0.960. The molecule has 150 valence electrons. The Morgan fingerprint density at radius 3 is 2.70 bits per heavy atom. The normalized spacial score (nSPS) is 31.8. The maximum Gasteiger partial charge on any atom is 0.231 e. The second-order valence-electron chi connectivity index (χ2n) is 8.28. The SMILES string of the molecule is Cc1ccsc1CN1CC[C@H]2N(C)S(=O)(=O)CC[C@]2(C(=O)N2CCCC2)C1. The van der Waals surface area contributed by atoms with E-state index < -0.39 is 15.4 Å². The minimum Gasteiger partial charge on any atom is -0.342 e. The molecule has 3 aliphatic heterocycles. The van der Waals surface area contributed by atoms with Gasteiger partial charge in [-0.3, -0.25) is 9.69 Å². The molecule has 1 aromatic rings. The zero-order valence-electron chi connectivity index (χ0n) is 16.2. The maximum atomic E-state index is 13.6. The molecule has 0 N–H and O–H groups in total. The minimum absolute atomic E-state index is 0.0749. The van der Waals surface area contributed by atoms with Crippen LogP contribution in [0.5, 0.6) is 0 Å². The molecule has 0 radical (unpaired) electrons. The van der Waals surface area contributed by atoms with Crippen LogP contribution in [0, 0.1) is 12.3 Å². The Morgan fingerprint density at radius 2 is 2.04 bits per heavy atom. The van der Waals surface area contributed by atoms with Crippen molar-refractivity contribution in [2.24, 2.45) is 5.41 Å². The number of amides is 1. The van der Waals surface area contributed by atoms with E-state index in [0.717, 1.165) is 45.4 Å². The van der Waals surface area contributed by atoms with Crippen LogP contribution < -0.4 is 0 Å². The molecular weight excluding hydrogens is 382 g/mol. The van der Waals surface area contributed by atoms with Gasteiger partial charge in [-0.05, 0) is 49.6 Å². The van der Waals surface area contributed by atoms with Crippen LogP contribution in [0.25, 0.3) is 0 Å². The summed E-state index contributed by atoms with van der Waals surface area (Å²) in [6.07, 6.45) is 3.27. The molecule has 3 saturated heterocycles. The second kappa shape index (κ2) is 7.13. The summed E-state index contributed by atoms with van der Waals surface area (Å²) in [5, 5.41) is 2.11. The molecular formula is C19H29N3O3S2. The van der Waals surface area contributed by atoms with E-state index >= 15 is 0 Å². The van der Waals surface area contributed by atoms with Crippen LogP contribution in [0.4, 0.5) is 0 Å². The first-order valence-corrected chi connectivity index (χ1v) is 12.3. The molecule has 0 spiro atoms. The van der Waals surface area contributed by atoms with Crippen LogP contribution in [-0.2, 0) is 21.4 Å². The lowest BCUT2D eigenvalue weighted by atomic mass is 9.72. The van der Waals surface area contributed by atoms with Crippen LogP contribution in [0.15, 0.2) is 11.4 Å². The molecule has 0 aliphatic carbocycles. The predicted molar refractivity (Wildman–Crippen MR) is 107 cm³/mol. The van der Waals surface area contributed by atoms with Crippen molar-refractivity contribution in [1.29, 1.82) is 0 Å². The van der Waals surface area contributed by atoms with E-state index in [0.29, 0.717) is 13.0 Å². The van der Waals surface area contributed by atoms with E-state index in [9.17, 15) is 13.2 Å². The van der Waals surface area contributed by atoms with Gasteiger partial charge in [0, 0.05) is 50.7 Å². The summed E-state index contributed by atoms with van der Waals surface area (Å²) in [5.41, 5.74) is 0.693. The summed E-state index contributed by atoms with van der Waals surface area (Å²) in [7, 11) is -1.58. The first-order chi connectivity index (χ1) is 12.8. The van der Waals surface area contributed by atoms with Gasteiger partial charge in [-0.15, -0.1) is 11.3 Å². The molecule has 3 aliphatic rings. The number of sulfonamides is 1. The molecule has 1 amide bonds. The highest BCUT2D eigenvalue weighted by molar-refractivity contribution is 7.89. The number of thiophene rings is 1. The standard InChI is InChI=1S/C19H29N3O3S2/c1-15-6-11-26-16(15)13-21-10-5-17-19(14-21,7-12-27(24,25)20(17)2)18(23)22-8-3-4-9-22/h6,11,17H,3-5,7-10,12-14H2,1-2H3/t17-,19+/m1/s1. The molecule has 2 atom stereocenters. The van der Waals surface area contributed by atoms with Gasteiger partial charge in [-0.25, -0.2) is 12.7 Å². The molecule has 27 heavy (non-hydrogen) atoms. The van der Waals surface area contributed by atoms with Crippen molar-refractivity contribution < 1.29 is 13.2 Å². The summed E-state index contributed by atoms with van der Waals surface area (Å²) >= 11 is 1.76. The van der Waals surface area contributed by atoms with Crippen molar-refractivity contribution in [3.8, 4) is 0 Å². The molecule has 4 heterocycles. The third kappa shape index (κ3) is 3.34. The number of aryl methyl sites for hydroxylation is 1. The van der Waals surface area contributed by atoms with E-state index in [-0.39, 0.29) is 17.7 Å². The van der Waals surface area contributed by atoms with Crippen molar-refractivity contribution >= 4 is 27.3 Å². The van der Waals surface area contributed by atoms with E-state index in [1.165, 1.54) is 14.7 Å². The van der Waals surface area contributed by atoms with Gasteiger partial charge in [0.2, 0.25) is 15.9 Å². The Morgan fingerprint density at radius 1 is 1.30 bits per heavy atom. The Kier molecular flexibility index (Phi) is 5.12. The smallest absolute Gasteiger partial charge is 0.231 e. The number of hydrogen-bond donors (Lipinski definition) is 0. The number of nitrogens with zero attached hydrogens (tertiary/aromatic N) is 3. The first kappa shape index (κ1) is 19.4. The molecule has 3 fully saturated rings. The number of fused-ring (bicyclic) bond motifs is 1. The number of hydrogen-bond acceptors (Lipinski definition) is 5. The highest BCUT2D eigenvalue weighted by Crippen LogP contribution is 2.44. The number of piperidine rings is 1. The van der Waals surface area contributed by atoms with Gasteiger partial charge in [0.15, 0.2) is 0 Å². The van der Waals surface area contributed by atoms with E-state index in [4.69, 9.17) is 0 Å². The van der Waals surface area contributed by atoms with Crippen molar-refractivity contribution in [3.05, 3.63) is 21.9 Å². The van der Waals surface area contributed by atoms with Gasteiger partial charge < -0.3 is 4.90 Å². The number of likely N-dealkylation sites (tertiary alicyclic amines) is 2. The molecule has 6 nitrogen and oxygen atoms in total. The third-order valence-corrected chi connectivity index (χ3v) is 9.56. The maximum absolute atomic E-state index is 13.6. The van der Waals surface area contributed by atoms with Crippen LogP contribution in [-0.4, -0.2) is 73.5 Å². The van der Waals surface area contributed by atoms with Gasteiger partial charge in [0.05, 0.1) is 11.2 Å². The van der Waals surface area contributed by atoms with Crippen molar-refractivity contribution in [2.45, 2.75) is 45.2 Å². The highest BCUT2D eigenvalue weighted by Gasteiger charge is 2.57. The average molecular weight is 412 g/mol. The van der Waals surface area contributed by atoms with Gasteiger partial charge in [-0.1, -0.05) is 0 Å². The van der Waals surface area contributed by atoms with E-state index in [2.05, 4.69) is 23.3 Å². The molecule has 0 aromatic carbocycles. The van der Waals surface area contributed by atoms with Gasteiger partial charge in [0.25, 0.3) is 0 Å². The molecule has 8 heteroatoms. The van der Waals surface area contributed by atoms with Crippen molar-refractivity contribution in [3.63, 3.8) is 0 Å². The van der Waals surface area contributed by atoms with E-state index in [1.807, 2.05) is 4.90 Å².